The van der Waals surface area contributed by atoms with E-state index in [-0.39, 0.29) is 15.5 Å². The van der Waals surface area contributed by atoms with Gasteiger partial charge < -0.3 is 0 Å². The minimum atomic E-state index is -3.94. The van der Waals surface area contributed by atoms with Gasteiger partial charge in [0.2, 0.25) is 0 Å². The molecule has 0 bridgehead atoms. The molecule has 2 aromatic carbocycles. The molecule has 2 aromatic rings. The van der Waals surface area contributed by atoms with Crippen LogP contribution in [0.4, 0.5) is 0 Å². The number of hydrogen-bond donors (Lipinski definition) is 1. The van der Waals surface area contributed by atoms with E-state index in [2.05, 4.69) is 31.9 Å². The van der Waals surface area contributed by atoms with Crippen LogP contribution in [-0.2, 0) is 10.0 Å². The van der Waals surface area contributed by atoms with Gasteiger partial charge in [0.15, 0.2) is 0 Å². The third kappa shape index (κ3) is 4.06. The van der Waals surface area contributed by atoms with Crippen molar-refractivity contribution in [1.29, 1.82) is 0 Å². The van der Waals surface area contributed by atoms with E-state index >= 15 is 0 Å². The Balaban J connectivity index is 2.28. The maximum absolute atomic E-state index is 12.1. The highest BCUT2D eigenvalue weighted by atomic mass is 79.9. The quantitative estimate of drug-likeness (QED) is 0.765. The Labute approximate surface area is 143 Å². The second kappa shape index (κ2) is 6.48. The van der Waals surface area contributed by atoms with Crippen LogP contribution >= 0.6 is 43.5 Å². The Morgan fingerprint density at radius 3 is 2.14 bits per heavy atom. The first kappa shape index (κ1) is 16.5. The zero-order valence-electron chi connectivity index (χ0n) is 10.3. The number of amides is 1. The molecule has 0 unspecified atom stereocenters. The standard InChI is InChI=1S/C13H8Br2ClNO3S/c14-8-1-4-10(5-2-8)21(19,20)17-13(18)11-6-3-9(15)7-12(11)16/h1-7H,(H,17,18). The van der Waals surface area contributed by atoms with Gasteiger partial charge in [-0.05, 0) is 42.5 Å². The van der Waals surface area contributed by atoms with Crippen molar-refractivity contribution >= 4 is 59.4 Å². The Morgan fingerprint density at radius 2 is 1.57 bits per heavy atom. The summed E-state index contributed by atoms with van der Waals surface area (Å²) in [6.07, 6.45) is 0. The summed E-state index contributed by atoms with van der Waals surface area (Å²) in [5.41, 5.74) is 0.0838. The fourth-order valence-electron chi connectivity index (χ4n) is 1.52. The Kier molecular flexibility index (Phi) is 5.08. The van der Waals surface area contributed by atoms with Crippen molar-refractivity contribution in [2.24, 2.45) is 0 Å². The van der Waals surface area contributed by atoms with Crippen molar-refractivity contribution in [1.82, 2.24) is 4.72 Å². The summed E-state index contributed by atoms with van der Waals surface area (Å²) in [5, 5.41) is 0.160. The number of hydrogen-bond acceptors (Lipinski definition) is 3. The molecule has 1 amide bonds. The zero-order chi connectivity index (χ0) is 15.6. The zero-order valence-corrected chi connectivity index (χ0v) is 15.1. The summed E-state index contributed by atoms with van der Waals surface area (Å²) in [7, 11) is -3.94. The summed E-state index contributed by atoms with van der Waals surface area (Å²) in [4.78, 5) is 12.0. The molecule has 0 heterocycles. The summed E-state index contributed by atoms with van der Waals surface area (Å²) in [6.45, 7) is 0. The molecular weight excluding hydrogens is 445 g/mol. The second-order valence-electron chi connectivity index (χ2n) is 4.01. The first-order chi connectivity index (χ1) is 9.79. The van der Waals surface area contributed by atoms with Crippen molar-refractivity contribution in [3.63, 3.8) is 0 Å². The number of carbonyl (C=O) groups excluding carboxylic acids is 1. The first-order valence-corrected chi connectivity index (χ1v) is 9.02. The number of halogens is 3. The highest BCUT2D eigenvalue weighted by Gasteiger charge is 2.20. The van der Waals surface area contributed by atoms with E-state index in [0.717, 1.165) is 4.47 Å². The predicted molar refractivity (Wildman–Crippen MR) is 87.9 cm³/mol. The molecular formula is C13H8Br2ClNO3S. The lowest BCUT2D eigenvalue weighted by Crippen LogP contribution is -2.30. The van der Waals surface area contributed by atoms with E-state index in [1.807, 2.05) is 4.72 Å². The van der Waals surface area contributed by atoms with Crippen LogP contribution in [0, 0.1) is 0 Å². The van der Waals surface area contributed by atoms with Crippen LogP contribution in [0.25, 0.3) is 0 Å². The predicted octanol–water partition coefficient (Wildman–Crippen LogP) is 3.98. The minimum absolute atomic E-state index is 0.00714. The highest BCUT2D eigenvalue weighted by molar-refractivity contribution is 9.10. The molecule has 21 heavy (non-hydrogen) atoms. The number of carbonyl (C=O) groups is 1. The molecule has 0 atom stereocenters. The van der Waals surface area contributed by atoms with Crippen LogP contribution in [0.5, 0.6) is 0 Å². The van der Waals surface area contributed by atoms with E-state index in [4.69, 9.17) is 11.6 Å². The number of sulfonamides is 1. The maximum atomic E-state index is 12.1. The highest BCUT2D eigenvalue weighted by Crippen LogP contribution is 2.22. The SMILES string of the molecule is O=C(NS(=O)(=O)c1ccc(Br)cc1)c1ccc(Br)cc1Cl. The van der Waals surface area contributed by atoms with Crippen molar-refractivity contribution in [3.8, 4) is 0 Å². The molecule has 0 fully saturated rings. The molecule has 1 N–H and O–H groups in total. The maximum Gasteiger partial charge on any atom is 0.266 e. The monoisotopic (exact) mass is 451 g/mol. The number of rotatable bonds is 3. The van der Waals surface area contributed by atoms with Crippen molar-refractivity contribution in [2.45, 2.75) is 4.90 Å². The second-order valence-corrected chi connectivity index (χ2v) is 7.93. The smallest absolute Gasteiger partial charge is 0.266 e. The molecule has 4 nitrogen and oxygen atoms in total. The van der Waals surface area contributed by atoms with Crippen molar-refractivity contribution in [2.75, 3.05) is 0 Å². The fraction of sp³-hybridized carbons (Fsp3) is 0. The normalized spacial score (nSPS) is 11.2. The molecule has 0 saturated heterocycles. The Hall–Kier alpha value is -0.890. The van der Waals surface area contributed by atoms with E-state index in [0.29, 0.717) is 4.47 Å². The van der Waals surface area contributed by atoms with Gasteiger partial charge in [-0.3, -0.25) is 4.79 Å². The van der Waals surface area contributed by atoms with Gasteiger partial charge in [0.1, 0.15) is 0 Å². The molecule has 110 valence electrons. The minimum Gasteiger partial charge on any atom is -0.268 e. The summed E-state index contributed by atoms with van der Waals surface area (Å²) in [5.74, 6) is -0.782. The van der Waals surface area contributed by atoms with E-state index in [1.165, 1.54) is 24.3 Å². The molecule has 8 heteroatoms. The lowest BCUT2D eigenvalue weighted by Gasteiger charge is -2.08. The van der Waals surface area contributed by atoms with Gasteiger partial charge >= 0.3 is 0 Å². The summed E-state index contributed by atoms with van der Waals surface area (Å²) < 4.78 is 27.6. The fourth-order valence-corrected chi connectivity index (χ4v) is 3.51. The van der Waals surface area contributed by atoms with E-state index < -0.39 is 15.9 Å². The molecule has 0 aliphatic heterocycles. The third-order valence-corrected chi connectivity index (χ3v) is 5.21. The average molecular weight is 454 g/mol. The average Bonchev–Trinajstić information content (AvgIpc) is 2.38. The van der Waals surface area contributed by atoms with Crippen LogP contribution in [0.3, 0.4) is 0 Å². The van der Waals surface area contributed by atoms with Crippen LogP contribution in [0.2, 0.25) is 5.02 Å². The lowest BCUT2D eigenvalue weighted by molar-refractivity contribution is 0.0981. The molecule has 0 spiro atoms. The molecule has 0 radical (unpaired) electrons. The van der Waals surface area contributed by atoms with Gasteiger partial charge in [0.05, 0.1) is 15.5 Å². The van der Waals surface area contributed by atoms with Gasteiger partial charge in [0, 0.05) is 8.95 Å². The van der Waals surface area contributed by atoms with Crippen LogP contribution < -0.4 is 4.72 Å². The first-order valence-electron chi connectivity index (χ1n) is 5.57. The van der Waals surface area contributed by atoms with E-state index in [9.17, 15) is 13.2 Å². The van der Waals surface area contributed by atoms with Crippen molar-refractivity contribution in [3.05, 3.63) is 62.0 Å². The Bertz CT molecular complexity index is 792. The van der Waals surface area contributed by atoms with E-state index in [1.54, 1.807) is 18.2 Å². The summed E-state index contributed by atoms with van der Waals surface area (Å²) in [6, 6.07) is 10.5. The van der Waals surface area contributed by atoms with Gasteiger partial charge in [-0.25, -0.2) is 13.1 Å². The molecule has 2 rings (SSSR count). The lowest BCUT2D eigenvalue weighted by atomic mass is 10.2. The van der Waals surface area contributed by atoms with Crippen molar-refractivity contribution < 1.29 is 13.2 Å². The molecule has 0 aromatic heterocycles. The Morgan fingerprint density at radius 1 is 1.00 bits per heavy atom. The topological polar surface area (TPSA) is 63.2 Å². The third-order valence-electron chi connectivity index (χ3n) is 2.53. The van der Waals surface area contributed by atoms with Crippen LogP contribution in [-0.4, -0.2) is 14.3 Å². The van der Waals surface area contributed by atoms with Gasteiger partial charge in [0.25, 0.3) is 15.9 Å². The molecule has 0 aliphatic carbocycles. The number of benzene rings is 2. The number of nitrogens with one attached hydrogen (secondary N) is 1. The van der Waals surface area contributed by atoms with Gasteiger partial charge in [-0.2, -0.15) is 0 Å². The summed E-state index contributed by atoms with van der Waals surface area (Å²) >= 11 is 12.4. The molecule has 0 saturated carbocycles. The molecule has 0 aliphatic rings. The largest absolute Gasteiger partial charge is 0.268 e. The van der Waals surface area contributed by atoms with Crippen LogP contribution in [0.1, 0.15) is 10.4 Å². The van der Waals surface area contributed by atoms with Crippen LogP contribution in [0.15, 0.2) is 56.3 Å². The van der Waals surface area contributed by atoms with Gasteiger partial charge in [-0.1, -0.05) is 43.5 Å². The van der Waals surface area contributed by atoms with Gasteiger partial charge in [-0.15, -0.1) is 0 Å².